The number of carbonyl (C=O) groups is 3. The Morgan fingerprint density at radius 2 is 1.70 bits per heavy atom. The fourth-order valence-electron chi connectivity index (χ4n) is 5.42. The highest BCUT2D eigenvalue weighted by Gasteiger charge is 2.47. The van der Waals surface area contributed by atoms with Gasteiger partial charge in [-0.3, -0.25) is 14.4 Å². The van der Waals surface area contributed by atoms with Crippen LogP contribution in [0.15, 0.2) is 12.2 Å². The Morgan fingerprint density at radius 3 is 2.45 bits per heavy atom. The van der Waals surface area contributed by atoms with Gasteiger partial charge in [-0.2, -0.15) is 23.5 Å². The first-order valence-electron chi connectivity index (χ1n) is 12.7. The minimum absolute atomic E-state index is 0.0487. The first-order valence-corrected chi connectivity index (χ1v) is 14.8. The number of rotatable bonds is 14. The molecule has 8 heteroatoms. The van der Waals surface area contributed by atoms with Gasteiger partial charge in [0.15, 0.2) is 0 Å². The number of amides is 2. The number of thioether (sulfide) groups is 2. The van der Waals surface area contributed by atoms with E-state index >= 15 is 0 Å². The quantitative estimate of drug-likeness (QED) is 0.246. The summed E-state index contributed by atoms with van der Waals surface area (Å²) in [7, 11) is 0. The lowest BCUT2D eigenvalue weighted by atomic mass is 9.77. The minimum atomic E-state index is -0.738. The molecule has 2 bridgehead atoms. The molecule has 3 fully saturated rings. The maximum absolute atomic E-state index is 12.3. The predicted octanol–water partition coefficient (Wildman–Crippen LogP) is 4.24. The first-order chi connectivity index (χ1) is 16.0. The molecule has 2 amide bonds. The van der Waals surface area contributed by atoms with Gasteiger partial charge in [0.2, 0.25) is 11.8 Å². The fraction of sp³-hybridized carbons (Fsp3) is 0.800. The molecule has 2 heterocycles. The van der Waals surface area contributed by atoms with Crippen LogP contribution in [-0.2, 0) is 14.4 Å². The van der Waals surface area contributed by atoms with Crippen LogP contribution in [0.5, 0.6) is 0 Å². The second-order valence-electron chi connectivity index (χ2n) is 9.71. The van der Waals surface area contributed by atoms with Gasteiger partial charge >= 0.3 is 5.97 Å². The number of unbranched alkanes of at least 4 members (excludes halogenated alkanes) is 1. The Morgan fingerprint density at radius 1 is 0.939 bits per heavy atom. The first kappa shape index (κ1) is 26.5. The van der Waals surface area contributed by atoms with Gasteiger partial charge in [0.05, 0.1) is 12.3 Å². The highest BCUT2D eigenvalue weighted by atomic mass is 32.2. The van der Waals surface area contributed by atoms with Gasteiger partial charge in [0.1, 0.15) is 0 Å². The zero-order valence-corrected chi connectivity index (χ0v) is 21.3. The molecule has 4 atom stereocenters. The van der Waals surface area contributed by atoms with Crippen LogP contribution in [0.25, 0.3) is 0 Å². The van der Waals surface area contributed by atoms with E-state index in [2.05, 4.69) is 34.5 Å². The van der Waals surface area contributed by atoms with E-state index in [1.54, 1.807) is 11.8 Å². The molecule has 186 valence electrons. The van der Waals surface area contributed by atoms with Gasteiger partial charge < -0.3 is 15.7 Å². The molecule has 0 unspecified atom stereocenters. The largest absolute Gasteiger partial charge is 0.481 e. The Bertz CT molecular complexity index is 681. The third-order valence-corrected chi connectivity index (χ3v) is 10.3. The molecular formula is C25H40N2O4S2. The van der Waals surface area contributed by atoms with E-state index in [4.69, 9.17) is 5.11 Å². The van der Waals surface area contributed by atoms with Crippen molar-refractivity contribution in [1.82, 2.24) is 10.6 Å². The van der Waals surface area contributed by atoms with Crippen LogP contribution >= 0.6 is 23.5 Å². The van der Waals surface area contributed by atoms with E-state index in [1.807, 2.05) is 0 Å². The normalized spacial score (nSPS) is 27.2. The highest BCUT2D eigenvalue weighted by molar-refractivity contribution is 8.01. The van der Waals surface area contributed by atoms with E-state index in [-0.39, 0.29) is 24.8 Å². The van der Waals surface area contributed by atoms with Crippen LogP contribution in [-0.4, -0.2) is 58.0 Å². The molecule has 0 aromatic heterocycles. The predicted molar refractivity (Wildman–Crippen MR) is 137 cm³/mol. The van der Waals surface area contributed by atoms with Crippen molar-refractivity contribution in [2.24, 2.45) is 17.8 Å². The van der Waals surface area contributed by atoms with E-state index in [0.717, 1.165) is 24.5 Å². The molecule has 6 nitrogen and oxygen atoms in total. The minimum Gasteiger partial charge on any atom is -0.481 e. The summed E-state index contributed by atoms with van der Waals surface area (Å²) >= 11 is 3.77. The summed E-state index contributed by atoms with van der Waals surface area (Å²) in [6.45, 7) is 0.738. The maximum Gasteiger partial charge on any atom is 0.303 e. The Labute approximate surface area is 206 Å². The number of nitrogens with one attached hydrogen (secondary N) is 2. The van der Waals surface area contributed by atoms with Gasteiger partial charge in [0, 0.05) is 23.5 Å². The summed E-state index contributed by atoms with van der Waals surface area (Å²) in [6, 6.07) is 0. The number of hydrogen-bond acceptors (Lipinski definition) is 5. The molecule has 0 aromatic rings. The molecule has 0 aromatic carbocycles. The van der Waals surface area contributed by atoms with Crippen LogP contribution in [0.2, 0.25) is 0 Å². The number of aliphatic carboxylic acids is 1. The van der Waals surface area contributed by atoms with Gasteiger partial charge in [0.25, 0.3) is 0 Å². The zero-order valence-electron chi connectivity index (χ0n) is 19.6. The zero-order chi connectivity index (χ0) is 23.5. The van der Waals surface area contributed by atoms with Crippen LogP contribution in [0.3, 0.4) is 0 Å². The number of carboxylic acid groups (broad SMARTS) is 1. The van der Waals surface area contributed by atoms with Crippen molar-refractivity contribution in [2.75, 3.05) is 24.6 Å². The third-order valence-electron chi connectivity index (χ3n) is 7.22. The van der Waals surface area contributed by atoms with Crippen molar-refractivity contribution in [3.63, 3.8) is 0 Å². The molecule has 0 radical (unpaired) electrons. The van der Waals surface area contributed by atoms with Gasteiger partial charge in [-0.15, -0.1) is 0 Å². The molecule has 1 saturated carbocycles. The van der Waals surface area contributed by atoms with Gasteiger partial charge in [-0.1, -0.05) is 31.4 Å². The number of carbonyl (C=O) groups excluding carboxylic acids is 2. The van der Waals surface area contributed by atoms with Crippen LogP contribution in [0.4, 0.5) is 0 Å². The monoisotopic (exact) mass is 496 g/mol. The maximum atomic E-state index is 12.3. The molecule has 2 aliphatic heterocycles. The van der Waals surface area contributed by atoms with E-state index in [0.29, 0.717) is 41.1 Å². The van der Waals surface area contributed by atoms with Crippen molar-refractivity contribution >= 4 is 41.3 Å². The lowest BCUT2D eigenvalue weighted by Gasteiger charge is -2.29. The topological polar surface area (TPSA) is 95.5 Å². The van der Waals surface area contributed by atoms with Crippen molar-refractivity contribution < 1.29 is 19.5 Å². The van der Waals surface area contributed by atoms with E-state index < -0.39 is 5.97 Å². The molecule has 3 aliphatic rings. The van der Waals surface area contributed by atoms with Crippen LogP contribution in [0.1, 0.15) is 70.6 Å². The average Bonchev–Trinajstić information content (AvgIpc) is 3.41. The molecule has 33 heavy (non-hydrogen) atoms. The van der Waals surface area contributed by atoms with Gasteiger partial charge in [-0.05, 0) is 68.5 Å². The molecule has 3 N–H and O–H groups in total. The third kappa shape index (κ3) is 9.19. The summed E-state index contributed by atoms with van der Waals surface area (Å²) in [6.07, 6.45) is 16.1. The van der Waals surface area contributed by atoms with Crippen molar-refractivity contribution in [3.8, 4) is 0 Å². The summed E-state index contributed by atoms with van der Waals surface area (Å²) in [5.74, 6) is 2.40. The van der Waals surface area contributed by atoms with Crippen molar-refractivity contribution in [3.05, 3.63) is 12.2 Å². The lowest BCUT2D eigenvalue weighted by Crippen LogP contribution is -2.42. The van der Waals surface area contributed by atoms with Crippen molar-refractivity contribution in [2.45, 2.75) is 81.1 Å². The smallest absolute Gasteiger partial charge is 0.303 e. The molecular weight excluding hydrogens is 456 g/mol. The Kier molecular flexibility index (Phi) is 11.5. The van der Waals surface area contributed by atoms with Crippen molar-refractivity contribution in [1.29, 1.82) is 0 Å². The fourth-order valence-corrected chi connectivity index (χ4v) is 8.50. The number of fused-ring (bicyclic) bond motifs is 2. The average molecular weight is 497 g/mol. The SMILES string of the molecule is O=C(O)CCCC=CC[C@H]1[C@@H](CNC(=O)CNC(=O)CSCC2CCCCC2)[C@H]2CC[C@@H]1S2. The summed E-state index contributed by atoms with van der Waals surface area (Å²) < 4.78 is 0. The lowest BCUT2D eigenvalue weighted by molar-refractivity contribution is -0.137. The summed E-state index contributed by atoms with van der Waals surface area (Å²) in [5, 5.41) is 15.8. The molecule has 2 saturated heterocycles. The Hall–Kier alpha value is -1.15. The van der Waals surface area contributed by atoms with Crippen LogP contribution in [0, 0.1) is 17.8 Å². The van der Waals surface area contributed by atoms with E-state index in [9.17, 15) is 14.4 Å². The summed E-state index contributed by atoms with van der Waals surface area (Å²) in [4.78, 5) is 35.0. The molecule has 0 spiro atoms. The second kappa shape index (κ2) is 14.3. The number of allylic oxidation sites excluding steroid dienone is 2. The molecule has 1 aliphatic carbocycles. The highest BCUT2D eigenvalue weighted by Crippen LogP contribution is 2.54. The van der Waals surface area contributed by atoms with E-state index in [1.165, 1.54) is 44.9 Å². The standard InChI is InChI=1S/C25H40N2O4S2/c28-23(15-27-24(29)17-32-16-18-8-4-3-5-9-18)26-14-20-19(21-12-13-22(20)33-21)10-6-1-2-7-11-25(30)31/h1,6,18-22H,2-5,7-17H2,(H,26,28)(H,27,29)(H,30,31)/t19-,20+,21-,22+/m0/s1. The summed E-state index contributed by atoms with van der Waals surface area (Å²) in [5.41, 5.74) is 0. The van der Waals surface area contributed by atoms with Crippen LogP contribution < -0.4 is 10.6 Å². The number of carboxylic acids is 1. The second-order valence-corrected chi connectivity index (χ2v) is 12.2. The number of hydrogen-bond donors (Lipinski definition) is 3. The molecule has 3 rings (SSSR count). The Balaban J connectivity index is 1.29. The van der Waals surface area contributed by atoms with Gasteiger partial charge in [-0.25, -0.2) is 0 Å².